The van der Waals surface area contributed by atoms with Crippen molar-refractivity contribution in [3.63, 3.8) is 0 Å². The molecule has 2 rings (SSSR count). The van der Waals surface area contributed by atoms with Gasteiger partial charge in [-0.1, -0.05) is 6.42 Å². The number of nitrogens with one attached hydrogen (secondary N) is 1. The third-order valence-corrected chi connectivity index (χ3v) is 2.88. The molecular formula is C11H16N4O2. The van der Waals surface area contributed by atoms with Crippen molar-refractivity contribution in [2.75, 3.05) is 18.5 Å². The average Bonchev–Trinajstić information content (AvgIpc) is 2.30. The number of pyridine rings is 1. The number of hydrogen-bond donors (Lipinski definition) is 1. The van der Waals surface area contributed by atoms with Gasteiger partial charge in [-0.05, 0) is 25.8 Å². The summed E-state index contributed by atoms with van der Waals surface area (Å²) in [5.74, 6) is 0.676. The van der Waals surface area contributed by atoms with E-state index in [-0.39, 0.29) is 5.69 Å². The van der Waals surface area contributed by atoms with Crippen molar-refractivity contribution in [2.24, 2.45) is 0 Å². The lowest BCUT2D eigenvalue weighted by molar-refractivity contribution is -0.385. The molecule has 0 saturated carbocycles. The van der Waals surface area contributed by atoms with E-state index in [0.29, 0.717) is 11.5 Å². The lowest BCUT2D eigenvalue weighted by atomic mass is 10.2. The zero-order valence-electron chi connectivity index (χ0n) is 9.85. The van der Waals surface area contributed by atoms with Gasteiger partial charge in [-0.3, -0.25) is 10.1 Å². The third kappa shape index (κ3) is 2.91. The summed E-state index contributed by atoms with van der Waals surface area (Å²) < 4.78 is 0. The monoisotopic (exact) mass is 236 g/mol. The first-order valence-electron chi connectivity index (χ1n) is 5.80. The fraction of sp³-hybridized carbons (Fsp3) is 0.545. The second-order valence-corrected chi connectivity index (χ2v) is 4.22. The second-order valence-electron chi connectivity index (χ2n) is 4.22. The Morgan fingerprint density at radius 3 is 2.65 bits per heavy atom. The van der Waals surface area contributed by atoms with E-state index >= 15 is 0 Å². The van der Waals surface area contributed by atoms with Crippen LogP contribution in [0.25, 0.3) is 0 Å². The topological polar surface area (TPSA) is 71.3 Å². The number of hydrazine groups is 1. The van der Waals surface area contributed by atoms with Crippen molar-refractivity contribution in [1.29, 1.82) is 0 Å². The molecule has 1 aliphatic heterocycles. The van der Waals surface area contributed by atoms with Gasteiger partial charge in [0.1, 0.15) is 11.5 Å². The number of anilines is 1. The van der Waals surface area contributed by atoms with Crippen molar-refractivity contribution in [3.8, 4) is 0 Å². The molecule has 92 valence electrons. The Kier molecular flexibility index (Phi) is 3.53. The maximum absolute atomic E-state index is 10.7. The minimum Gasteiger partial charge on any atom is -0.303 e. The van der Waals surface area contributed by atoms with Gasteiger partial charge in [0.25, 0.3) is 5.69 Å². The molecule has 1 aromatic heterocycles. The number of rotatable bonds is 3. The van der Waals surface area contributed by atoms with Crippen LogP contribution in [0, 0.1) is 17.0 Å². The molecule has 1 aliphatic rings. The standard InChI is InChI=1S/C11H16N4O2/c1-9-10(15(16)17)5-6-11(12-9)13-14-7-3-2-4-8-14/h5-6H,2-4,7-8H2,1H3,(H,12,13). The van der Waals surface area contributed by atoms with Gasteiger partial charge in [-0.25, -0.2) is 9.99 Å². The third-order valence-electron chi connectivity index (χ3n) is 2.88. The quantitative estimate of drug-likeness (QED) is 0.642. The highest BCUT2D eigenvalue weighted by molar-refractivity contribution is 5.44. The minimum atomic E-state index is -0.410. The minimum absolute atomic E-state index is 0.0641. The fourth-order valence-corrected chi connectivity index (χ4v) is 1.98. The van der Waals surface area contributed by atoms with Crippen LogP contribution in [0.1, 0.15) is 25.0 Å². The summed E-state index contributed by atoms with van der Waals surface area (Å²) in [5, 5.41) is 12.8. The molecule has 1 saturated heterocycles. The Morgan fingerprint density at radius 2 is 2.06 bits per heavy atom. The summed E-state index contributed by atoms with van der Waals surface area (Å²) in [4.78, 5) is 14.4. The first-order valence-corrected chi connectivity index (χ1v) is 5.80. The number of piperidine rings is 1. The number of nitrogens with zero attached hydrogens (tertiary/aromatic N) is 3. The first kappa shape index (κ1) is 11.8. The molecule has 1 aromatic rings. The molecular weight excluding hydrogens is 220 g/mol. The predicted molar refractivity (Wildman–Crippen MR) is 64.7 cm³/mol. The van der Waals surface area contributed by atoms with Gasteiger partial charge in [0, 0.05) is 19.2 Å². The number of nitro groups is 1. The van der Waals surface area contributed by atoms with Crippen molar-refractivity contribution >= 4 is 11.5 Å². The van der Waals surface area contributed by atoms with Crippen LogP contribution in [-0.4, -0.2) is 28.0 Å². The molecule has 0 amide bonds. The van der Waals surface area contributed by atoms with Gasteiger partial charge in [-0.2, -0.15) is 0 Å². The number of aromatic nitrogens is 1. The van der Waals surface area contributed by atoms with E-state index in [1.165, 1.54) is 25.3 Å². The number of hydrogen-bond acceptors (Lipinski definition) is 5. The molecule has 2 heterocycles. The van der Waals surface area contributed by atoms with E-state index in [9.17, 15) is 10.1 Å². The van der Waals surface area contributed by atoms with Crippen molar-refractivity contribution < 1.29 is 4.92 Å². The zero-order chi connectivity index (χ0) is 12.3. The Labute approximate surface area is 99.8 Å². The van der Waals surface area contributed by atoms with Gasteiger partial charge < -0.3 is 5.43 Å². The van der Waals surface area contributed by atoms with Crippen LogP contribution in [0.3, 0.4) is 0 Å². The van der Waals surface area contributed by atoms with Crippen LogP contribution >= 0.6 is 0 Å². The predicted octanol–water partition coefficient (Wildman–Crippen LogP) is 2.11. The van der Waals surface area contributed by atoms with Crippen LogP contribution in [0.5, 0.6) is 0 Å². The second kappa shape index (κ2) is 5.09. The van der Waals surface area contributed by atoms with Gasteiger partial charge in [0.15, 0.2) is 0 Å². The maximum Gasteiger partial charge on any atom is 0.290 e. The summed E-state index contributed by atoms with van der Waals surface area (Å²) >= 11 is 0. The molecule has 0 aromatic carbocycles. The summed E-state index contributed by atoms with van der Waals surface area (Å²) in [6.45, 7) is 3.65. The zero-order valence-corrected chi connectivity index (χ0v) is 9.85. The molecule has 6 heteroatoms. The van der Waals surface area contributed by atoms with E-state index in [4.69, 9.17) is 0 Å². The largest absolute Gasteiger partial charge is 0.303 e. The highest BCUT2D eigenvalue weighted by Gasteiger charge is 2.14. The van der Waals surface area contributed by atoms with Crippen LogP contribution in [0.2, 0.25) is 0 Å². The Balaban J connectivity index is 2.06. The van der Waals surface area contributed by atoms with Crippen LogP contribution in [-0.2, 0) is 0 Å². The lowest BCUT2D eigenvalue weighted by Gasteiger charge is -2.27. The molecule has 0 unspecified atom stereocenters. The average molecular weight is 236 g/mol. The molecule has 0 radical (unpaired) electrons. The Morgan fingerprint density at radius 1 is 1.35 bits per heavy atom. The molecule has 1 N–H and O–H groups in total. The smallest absolute Gasteiger partial charge is 0.290 e. The fourth-order valence-electron chi connectivity index (χ4n) is 1.98. The molecule has 0 aliphatic carbocycles. The Hall–Kier alpha value is -1.69. The summed E-state index contributed by atoms with van der Waals surface area (Å²) in [6.07, 6.45) is 3.63. The van der Waals surface area contributed by atoms with E-state index < -0.39 is 4.92 Å². The summed E-state index contributed by atoms with van der Waals surface area (Å²) in [7, 11) is 0. The van der Waals surface area contributed by atoms with E-state index in [0.717, 1.165) is 13.1 Å². The lowest BCUT2D eigenvalue weighted by Crippen LogP contribution is -2.35. The molecule has 0 atom stereocenters. The van der Waals surface area contributed by atoms with Crippen molar-refractivity contribution in [2.45, 2.75) is 26.2 Å². The van der Waals surface area contributed by atoms with Crippen LogP contribution in [0.4, 0.5) is 11.5 Å². The van der Waals surface area contributed by atoms with Gasteiger partial charge in [-0.15, -0.1) is 0 Å². The molecule has 1 fully saturated rings. The maximum atomic E-state index is 10.7. The Bertz CT molecular complexity index is 416. The highest BCUT2D eigenvalue weighted by atomic mass is 16.6. The van der Waals surface area contributed by atoms with Gasteiger partial charge in [0.05, 0.1) is 4.92 Å². The summed E-state index contributed by atoms with van der Waals surface area (Å²) in [6, 6.07) is 3.15. The molecule has 6 nitrogen and oxygen atoms in total. The highest BCUT2D eigenvalue weighted by Crippen LogP contribution is 2.19. The van der Waals surface area contributed by atoms with Crippen molar-refractivity contribution in [3.05, 3.63) is 27.9 Å². The van der Waals surface area contributed by atoms with Crippen LogP contribution in [0.15, 0.2) is 12.1 Å². The van der Waals surface area contributed by atoms with E-state index in [1.54, 1.807) is 13.0 Å². The van der Waals surface area contributed by atoms with Gasteiger partial charge >= 0.3 is 0 Å². The normalized spacial score (nSPS) is 16.8. The molecule has 0 spiro atoms. The van der Waals surface area contributed by atoms with E-state index in [2.05, 4.69) is 15.4 Å². The summed E-state index contributed by atoms with van der Waals surface area (Å²) in [5.41, 5.74) is 3.69. The van der Waals surface area contributed by atoms with Crippen LogP contribution < -0.4 is 5.43 Å². The van der Waals surface area contributed by atoms with Crippen molar-refractivity contribution in [1.82, 2.24) is 9.99 Å². The first-order chi connectivity index (χ1) is 8.16. The van der Waals surface area contributed by atoms with E-state index in [1.807, 2.05) is 0 Å². The number of aryl methyl sites for hydroxylation is 1. The SMILES string of the molecule is Cc1nc(NN2CCCCC2)ccc1[N+](=O)[O-]. The molecule has 0 bridgehead atoms. The van der Waals surface area contributed by atoms with Gasteiger partial charge in [0.2, 0.25) is 0 Å². The molecule has 17 heavy (non-hydrogen) atoms.